The number of halogens is 4. The molecule has 0 radical (unpaired) electrons. The molecule has 4 fully saturated rings. The normalized spacial score (nSPS) is 12.4. The minimum Gasteiger partial charge on any atom is -0.447 e. The number of cyclic esters (lactones) is 2. The lowest BCUT2D eigenvalue weighted by Gasteiger charge is -2.29. The van der Waals surface area contributed by atoms with Gasteiger partial charge in [0, 0.05) is 309 Å². The molecule has 2 aliphatic heterocycles. The second-order valence-corrected chi connectivity index (χ2v) is 31.8. The van der Waals surface area contributed by atoms with Gasteiger partial charge in [0.25, 0.3) is 5.56 Å². The highest BCUT2D eigenvalue weighted by Gasteiger charge is 2.27. The van der Waals surface area contributed by atoms with Crippen molar-refractivity contribution < 1.29 is 23.6 Å². The third kappa shape index (κ3) is 45.7. The molecular weight excluding hydrogens is 1760 g/mol. The van der Waals surface area contributed by atoms with E-state index in [1.54, 1.807) is 51.0 Å². The van der Waals surface area contributed by atoms with Crippen molar-refractivity contribution in [2.24, 2.45) is 11.8 Å². The molecule has 0 atom stereocenters. The second-order valence-electron chi connectivity index (χ2n) is 24.8. The minimum atomic E-state index is -3.22. The molecule has 0 unspecified atom stereocenters. The predicted octanol–water partition coefficient (Wildman–Crippen LogP) is 10.8. The molecule has 10 rings (SSSR count). The van der Waals surface area contributed by atoms with E-state index in [-0.39, 0.29) is 17.7 Å². The zero-order chi connectivity index (χ0) is 94.2. The predicted molar refractivity (Wildman–Crippen MR) is 522 cm³/mol. The van der Waals surface area contributed by atoms with Crippen LogP contribution in [0.5, 0.6) is 0 Å². The maximum atomic E-state index is 12.0. The highest BCUT2D eigenvalue weighted by molar-refractivity contribution is 8.24. The van der Waals surface area contributed by atoms with Gasteiger partial charge in [0.15, 0.2) is 5.15 Å². The van der Waals surface area contributed by atoms with E-state index < -0.39 is 5.20 Å². The number of fused-ring (bicyclic) bond motifs is 2. The zero-order valence-electron chi connectivity index (χ0n) is 70.1. The summed E-state index contributed by atoms with van der Waals surface area (Å²) >= 11 is 20.0. The van der Waals surface area contributed by atoms with Gasteiger partial charge in [0.1, 0.15) is 35.9 Å². The third-order valence-corrected chi connectivity index (χ3v) is 16.3. The van der Waals surface area contributed by atoms with Gasteiger partial charge in [0.2, 0.25) is 11.9 Å². The minimum absolute atomic E-state index is 0.170. The Balaban J connectivity index is 0.000000288. The largest absolute Gasteiger partial charge is 0.447 e. The molecule has 626 valence electrons. The first-order valence-electron chi connectivity index (χ1n) is 38.7. The molecule has 0 aromatic carbocycles. The molecule has 5 N–H and O–H groups in total. The maximum absolute atomic E-state index is 12.0. The van der Waals surface area contributed by atoms with Gasteiger partial charge >= 0.3 is 17.4 Å². The fraction of sp³-hybridized carbons (Fsp3) is 0.185. The summed E-state index contributed by atoms with van der Waals surface area (Å²) in [7, 11) is 0. The Bertz CT molecular complexity index is 7560. The standard InChI is InChI=1S/C64H6.C22H24ClN7O2.C22H25N7O3.Cl3OP/c1-3-5-7-9-11-13-15-17-19-21-23-25-27-29-31-33-35-37-39-41-43-45-47-49-51-53-55-57-59-61-63-64-62-60-58-56-54-52-50-48-46-44-42-40-38-36-34-32-30-28-26-24-22-20-18-16-14-12-10-8-6-4-2;23-20-19-15(7-8-24-20)3-6-18(29-19)28-16-4-1-14(2-5-16)11-25-21-26-12-17(13-27-21)30-9-10-32-22(30)31;30-20-19-15(7-8-23-20)3-6-18(28-19)27-16-4-1-14(2-5-16)11-24-21-25-12-17(13-26-21)29-9-10-32-22(29)31;1-5(2,3)4/h1-2H3;3,6-8,12-14,16H,1-2,4-5,9-11H2,(H,28,29)(H,25,26,27);3,6-8,12-14,16H,1-2,4-5,9-11H2,(H,23,30)(H,27,28)(H,24,25,26);. The zero-order valence-corrected chi connectivity index (χ0v) is 74.0. The fourth-order valence-electron chi connectivity index (χ4n) is 10.4. The molecule has 0 spiro atoms. The highest BCUT2D eigenvalue weighted by atomic mass is 36.0. The SMILES string of the molecule is CC#CC#CC#CC#CC#CC#CC#CC#CC#CC#CC#CC#CC#CC#CC#CC#CC#CC#CC#CC#CC#CC#CC#CC#CC#CC#CC#CC#CC#CC#CC#CC.O=C1OCCN1c1cnc(NCC2CCC(Nc3ccc4cc[nH]c(=O)c4n3)CC2)nc1.O=C1OCCN1c1cnc(NCC2CCC(Nc3ccc4ccnc(Cl)c4n3)CC2)nc1.O=P(Cl)(Cl)Cl. The van der Waals surface area contributed by atoms with Gasteiger partial charge in [-0.15, -0.1) is 0 Å². The number of carbonyl (C=O) groups is 2. The third-order valence-electron chi connectivity index (χ3n) is 16.0. The number of ether oxygens (including phenoxy) is 2. The van der Waals surface area contributed by atoms with Crippen molar-refractivity contribution >= 4 is 119 Å². The van der Waals surface area contributed by atoms with Crippen LogP contribution in [0, 0.1) is 379 Å². The Hall–Kier alpha value is -19.4. The fourth-order valence-corrected chi connectivity index (χ4v) is 10.7. The number of nitrogens with one attached hydrogen (secondary N) is 5. The van der Waals surface area contributed by atoms with Crippen LogP contribution in [0.3, 0.4) is 0 Å². The Morgan fingerprint density at radius 2 is 0.617 bits per heavy atom. The van der Waals surface area contributed by atoms with Crippen molar-refractivity contribution in [3.8, 4) is 367 Å². The summed E-state index contributed by atoms with van der Waals surface area (Å²) in [4.78, 5) is 71.5. The molecule has 8 heterocycles. The Morgan fingerprint density at radius 3 is 0.872 bits per heavy atom. The number of H-pyrrole nitrogens is 1. The van der Waals surface area contributed by atoms with Crippen LogP contribution in [-0.4, -0.2) is 104 Å². The van der Waals surface area contributed by atoms with Crippen molar-refractivity contribution in [1.82, 2.24) is 39.9 Å². The van der Waals surface area contributed by atoms with Gasteiger partial charge in [-0.2, -0.15) is 0 Å². The molecule has 2 amide bonds. The van der Waals surface area contributed by atoms with Crippen molar-refractivity contribution in [1.29, 1.82) is 0 Å². The van der Waals surface area contributed by atoms with Gasteiger partial charge in [-0.3, -0.25) is 19.2 Å². The Kier molecular flexibility index (Phi) is 48.0. The smallest absolute Gasteiger partial charge is 0.414 e. The summed E-state index contributed by atoms with van der Waals surface area (Å²) in [5, 5.41) is 12.7. The summed E-state index contributed by atoms with van der Waals surface area (Å²) in [6.45, 7) is 6.86. The van der Waals surface area contributed by atoms with E-state index in [1.807, 2.05) is 36.4 Å². The lowest BCUT2D eigenvalue weighted by molar-refractivity contribution is 0.180. The molecule has 6 aromatic rings. The number of aromatic nitrogens is 8. The molecule has 0 bridgehead atoms. The van der Waals surface area contributed by atoms with E-state index in [2.05, 4.69) is 462 Å². The van der Waals surface area contributed by atoms with Crippen LogP contribution in [0.1, 0.15) is 65.2 Å². The van der Waals surface area contributed by atoms with Crippen LogP contribution >= 0.6 is 50.5 Å². The topological polar surface area (TPSA) is 247 Å². The molecule has 2 saturated carbocycles. The van der Waals surface area contributed by atoms with Crippen LogP contribution in [0.4, 0.5) is 44.5 Å². The van der Waals surface area contributed by atoms with Gasteiger partial charge in [0.05, 0.1) is 49.3 Å². The number of nitrogens with zero attached hydrogens (tertiary/aromatic N) is 9. The summed E-state index contributed by atoms with van der Waals surface area (Å²) in [5.74, 6) is 159. The van der Waals surface area contributed by atoms with Crippen molar-refractivity contribution in [2.75, 3.05) is 70.5 Å². The van der Waals surface area contributed by atoms with E-state index in [1.165, 1.54) is 9.80 Å². The van der Waals surface area contributed by atoms with Gasteiger partial charge in [-0.05, 0) is 242 Å². The van der Waals surface area contributed by atoms with Crippen LogP contribution in [-0.2, 0) is 14.0 Å². The number of hydrogen-bond donors (Lipinski definition) is 5. The van der Waals surface area contributed by atoms with Crippen molar-refractivity contribution in [2.45, 2.75) is 77.3 Å². The molecular formula is C108H55Cl4N14O6P. The first kappa shape index (κ1) is 101. The lowest BCUT2D eigenvalue weighted by atomic mass is 9.86. The van der Waals surface area contributed by atoms with Gasteiger partial charge in [-0.25, -0.2) is 44.5 Å². The Labute approximate surface area is 793 Å². The maximum Gasteiger partial charge on any atom is 0.414 e. The van der Waals surface area contributed by atoms with E-state index in [0.29, 0.717) is 84.2 Å². The molecule has 20 nitrogen and oxygen atoms in total. The first-order chi connectivity index (χ1) is 65.2. The monoisotopic (exact) mass is 1810 g/mol. The second kappa shape index (κ2) is 63.5. The number of carbonyl (C=O) groups excluding carboxylic acids is 2. The quantitative estimate of drug-likeness (QED) is 0.0434. The van der Waals surface area contributed by atoms with E-state index in [9.17, 15) is 18.9 Å². The average molecular weight is 1820 g/mol. The van der Waals surface area contributed by atoms with E-state index in [4.69, 9.17) is 21.1 Å². The average Bonchev–Trinajstić information content (AvgIpc) is 1.85. The Morgan fingerprint density at radius 1 is 0.361 bits per heavy atom. The number of aromatic amines is 1. The molecule has 2 saturated heterocycles. The van der Waals surface area contributed by atoms with Crippen molar-refractivity contribution in [3.05, 3.63) is 89.1 Å². The van der Waals surface area contributed by atoms with Gasteiger partial charge < -0.3 is 35.7 Å². The molecule has 2 aliphatic carbocycles. The summed E-state index contributed by atoms with van der Waals surface area (Å²) in [6.07, 6.45) is 17.8. The first-order valence-corrected chi connectivity index (χ1v) is 43.5. The van der Waals surface area contributed by atoms with E-state index >= 15 is 0 Å². The molecule has 4 aliphatic rings. The summed E-state index contributed by atoms with van der Waals surface area (Å²) < 4.78 is 19.4. The molecule has 6 aromatic heterocycles. The number of rotatable bonds is 12. The van der Waals surface area contributed by atoms with Crippen molar-refractivity contribution in [3.63, 3.8) is 0 Å². The molecule has 133 heavy (non-hydrogen) atoms. The van der Waals surface area contributed by atoms with Crippen LogP contribution < -0.4 is 36.6 Å². The number of pyridine rings is 4. The number of anilines is 6. The lowest BCUT2D eigenvalue weighted by Crippen LogP contribution is -2.29. The summed E-state index contributed by atoms with van der Waals surface area (Å²) in [5.41, 5.74) is 2.32. The van der Waals surface area contributed by atoms with Crippen LogP contribution in [0.2, 0.25) is 5.15 Å². The van der Waals surface area contributed by atoms with Gasteiger partial charge in [-0.1, -0.05) is 23.4 Å². The number of amides is 2. The van der Waals surface area contributed by atoms with Crippen LogP contribution in [0.25, 0.3) is 21.8 Å². The highest BCUT2D eigenvalue weighted by Crippen LogP contribution is 2.61. The van der Waals surface area contributed by atoms with E-state index in [0.717, 1.165) is 92.4 Å². The summed E-state index contributed by atoms with van der Waals surface area (Å²) in [6, 6.07) is 12.4. The number of hydrogen-bond acceptors (Lipinski definition) is 17. The van der Waals surface area contributed by atoms with Crippen LogP contribution in [0.15, 0.2) is 78.4 Å². The molecule has 25 heteroatoms.